The summed E-state index contributed by atoms with van der Waals surface area (Å²) in [4.78, 5) is -0.0666. The van der Waals surface area contributed by atoms with Crippen molar-refractivity contribution in [1.82, 2.24) is 10.9 Å². The minimum atomic E-state index is -4.02. The number of nitrogens with one attached hydrogen (secondary N) is 3. The second-order valence-corrected chi connectivity index (χ2v) is 8.18. The van der Waals surface area contributed by atoms with E-state index in [4.69, 9.17) is 41.0 Å². The van der Waals surface area contributed by atoms with E-state index in [0.717, 1.165) is 5.56 Å². The molecule has 0 saturated heterocycles. The standard InChI is InChI=1S/C14H21ClN4O4.C7H8O3S/c1-4-21-10-7-9(8-17-18-14(16)19-20)11(15)13(23-6-3)12(10)22-5-2;1-6-2-4-7(5-3-6)11(8,9)10/h7-8,20H,4-6H2,1-3H3,(H3,16,18,19);2-5H,1H3,(H,8,9,10). The highest BCUT2D eigenvalue weighted by atomic mass is 35.5. The second kappa shape index (κ2) is 14.3. The van der Waals surface area contributed by atoms with E-state index >= 15 is 0 Å². The summed E-state index contributed by atoms with van der Waals surface area (Å²) in [6.07, 6.45) is 1.38. The number of aryl methyl sites for hydroxylation is 1. The summed E-state index contributed by atoms with van der Waals surface area (Å²) in [5.41, 5.74) is 5.35. The third kappa shape index (κ3) is 9.06. The monoisotopic (exact) mass is 516 g/mol. The van der Waals surface area contributed by atoms with Gasteiger partial charge in [0, 0.05) is 5.56 Å². The van der Waals surface area contributed by atoms with Gasteiger partial charge in [-0.2, -0.15) is 13.5 Å². The van der Waals surface area contributed by atoms with Crippen molar-refractivity contribution in [2.45, 2.75) is 32.6 Å². The van der Waals surface area contributed by atoms with Crippen LogP contribution in [0.1, 0.15) is 31.9 Å². The van der Waals surface area contributed by atoms with Gasteiger partial charge in [-0.1, -0.05) is 29.3 Å². The van der Waals surface area contributed by atoms with Crippen LogP contribution in [-0.2, 0) is 10.1 Å². The molecule has 2 rings (SSSR count). The van der Waals surface area contributed by atoms with Crippen LogP contribution in [0.4, 0.5) is 0 Å². The van der Waals surface area contributed by atoms with E-state index in [1.165, 1.54) is 18.3 Å². The summed E-state index contributed by atoms with van der Waals surface area (Å²) in [5.74, 6) is 0.923. The minimum Gasteiger partial charge on any atom is -0.490 e. The lowest BCUT2D eigenvalue weighted by Gasteiger charge is -2.18. The number of hydrogen-bond donors (Lipinski definition) is 5. The first-order valence-corrected chi connectivity index (χ1v) is 12.0. The van der Waals surface area contributed by atoms with Gasteiger partial charge >= 0.3 is 0 Å². The van der Waals surface area contributed by atoms with Gasteiger partial charge in [-0.25, -0.2) is 10.9 Å². The first kappa shape index (κ1) is 29.0. The van der Waals surface area contributed by atoms with Gasteiger partial charge < -0.3 is 14.2 Å². The molecule has 2 aromatic carbocycles. The molecule has 34 heavy (non-hydrogen) atoms. The molecule has 0 bridgehead atoms. The summed E-state index contributed by atoms with van der Waals surface area (Å²) in [6, 6.07) is 7.65. The quantitative estimate of drug-likeness (QED) is 0.145. The van der Waals surface area contributed by atoms with Crippen LogP contribution in [0.3, 0.4) is 0 Å². The molecule has 0 aliphatic heterocycles. The fraction of sp³-hybridized carbons (Fsp3) is 0.333. The number of nitrogens with zero attached hydrogens (tertiary/aromatic N) is 1. The van der Waals surface area contributed by atoms with Gasteiger partial charge in [-0.05, 0) is 45.9 Å². The molecule has 13 heteroatoms. The zero-order valence-corrected chi connectivity index (χ0v) is 20.8. The van der Waals surface area contributed by atoms with Crippen molar-refractivity contribution in [3.8, 4) is 17.2 Å². The molecule has 0 spiro atoms. The zero-order chi connectivity index (χ0) is 25.7. The molecule has 188 valence electrons. The molecule has 5 N–H and O–H groups in total. The van der Waals surface area contributed by atoms with Crippen molar-refractivity contribution < 1.29 is 32.4 Å². The molecule has 0 fully saturated rings. The smallest absolute Gasteiger partial charge is 0.294 e. The van der Waals surface area contributed by atoms with E-state index in [0.29, 0.717) is 47.7 Å². The second-order valence-electron chi connectivity index (χ2n) is 6.38. The number of hydrogen-bond acceptors (Lipinski definition) is 8. The molecule has 0 aliphatic rings. The Morgan fingerprint density at radius 3 is 2.15 bits per heavy atom. The Morgan fingerprint density at radius 1 is 1.09 bits per heavy atom. The molecule has 0 radical (unpaired) electrons. The topological polar surface area (TPSA) is 163 Å². The fourth-order valence-electron chi connectivity index (χ4n) is 2.43. The van der Waals surface area contributed by atoms with Crippen LogP contribution >= 0.6 is 11.6 Å². The van der Waals surface area contributed by atoms with Gasteiger partial charge in [0.05, 0.1) is 36.0 Å². The largest absolute Gasteiger partial charge is 0.490 e. The highest BCUT2D eigenvalue weighted by molar-refractivity contribution is 7.85. The Hall–Kier alpha value is -3.06. The van der Waals surface area contributed by atoms with Crippen LogP contribution in [0.2, 0.25) is 5.02 Å². The van der Waals surface area contributed by atoms with E-state index in [-0.39, 0.29) is 10.9 Å². The third-order valence-electron chi connectivity index (χ3n) is 3.86. The third-order valence-corrected chi connectivity index (χ3v) is 5.11. The molecule has 11 nitrogen and oxygen atoms in total. The van der Waals surface area contributed by atoms with Gasteiger partial charge in [-0.15, -0.1) is 0 Å². The molecule has 0 amide bonds. The van der Waals surface area contributed by atoms with Crippen LogP contribution in [0.25, 0.3) is 0 Å². The number of halogens is 1. The Bertz CT molecular complexity index is 1080. The Labute approximate surface area is 203 Å². The first-order valence-electron chi connectivity index (χ1n) is 10.2. The fourth-order valence-corrected chi connectivity index (χ4v) is 3.15. The average Bonchev–Trinajstić information content (AvgIpc) is 2.79. The van der Waals surface area contributed by atoms with Crippen molar-refractivity contribution in [2.75, 3.05) is 19.8 Å². The average molecular weight is 517 g/mol. The number of ether oxygens (including phenoxy) is 3. The zero-order valence-electron chi connectivity index (χ0n) is 19.3. The minimum absolute atomic E-state index is 0.0666. The maximum atomic E-state index is 10.5. The molecule has 0 saturated carbocycles. The molecule has 0 unspecified atom stereocenters. The lowest BCUT2D eigenvalue weighted by molar-refractivity contribution is 0.228. The van der Waals surface area contributed by atoms with Gasteiger partial charge in [0.2, 0.25) is 11.7 Å². The number of hydroxylamine groups is 1. The van der Waals surface area contributed by atoms with Crippen molar-refractivity contribution in [1.29, 1.82) is 5.41 Å². The van der Waals surface area contributed by atoms with Gasteiger partial charge in [0.1, 0.15) is 0 Å². The number of guanidine groups is 1. The summed E-state index contributed by atoms with van der Waals surface area (Å²) in [6.45, 7) is 8.67. The van der Waals surface area contributed by atoms with Gasteiger partial charge in [0.15, 0.2) is 11.5 Å². The lowest BCUT2D eigenvalue weighted by Crippen LogP contribution is -2.30. The summed E-state index contributed by atoms with van der Waals surface area (Å²) in [7, 11) is -4.02. The van der Waals surface area contributed by atoms with Crippen molar-refractivity contribution in [3.63, 3.8) is 0 Å². The highest BCUT2D eigenvalue weighted by Crippen LogP contribution is 2.44. The molecular formula is C21H29ClN4O7S. The van der Waals surface area contributed by atoms with E-state index in [2.05, 4.69) is 10.5 Å². The number of benzene rings is 2. The number of hydrazone groups is 1. The van der Waals surface area contributed by atoms with Crippen molar-refractivity contribution >= 4 is 33.9 Å². The van der Waals surface area contributed by atoms with Crippen LogP contribution in [0, 0.1) is 12.3 Å². The molecule has 0 aromatic heterocycles. The summed E-state index contributed by atoms with van der Waals surface area (Å²) >= 11 is 6.35. The molecule has 0 atom stereocenters. The Morgan fingerprint density at radius 2 is 1.65 bits per heavy atom. The summed E-state index contributed by atoms with van der Waals surface area (Å²) < 4.78 is 46.3. The lowest BCUT2D eigenvalue weighted by atomic mass is 10.2. The first-order chi connectivity index (χ1) is 16.1. The van der Waals surface area contributed by atoms with Crippen LogP contribution in [0.15, 0.2) is 40.3 Å². The highest BCUT2D eigenvalue weighted by Gasteiger charge is 2.20. The van der Waals surface area contributed by atoms with E-state index < -0.39 is 10.1 Å². The van der Waals surface area contributed by atoms with Crippen molar-refractivity contribution in [3.05, 3.63) is 46.5 Å². The normalized spacial score (nSPS) is 10.8. The maximum Gasteiger partial charge on any atom is 0.294 e. The van der Waals surface area contributed by atoms with Gasteiger partial charge in [-0.3, -0.25) is 15.2 Å². The molecule has 0 heterocycles. The SMILES string of the molecule is CCOc1cc(C=NNC(=N)NO)c(Cl)c(OCC)c1OCC.Cc1ccc(S(=O)(=O)O)cc1. The van der Waals surface area contributed by atoms with E-state index in [1.807, 2.05) is 27.7 Å². The van der Waals surface area contributed by atoms with Crippen LogP contribution in [0.5, 0.6) is 17.2 Å². The van der Waals surface area contributed by atoms with E-state index in [1.54, 1.807) is 23.7 Å². The predicted octanol–water partition coefficient (Wildman–Crippen LogP) is 3.61. The van der Waals surface area contributed by atoms with Crippen LogP contribution in [-0.4, -0.2) is 50.2 Å². The van der Waals surface area contributed by atoms with E-state index in [9.17, 15) is 8.42 Å². The van der Waals surface area contributed by atoms with Gasteiger partial charge in [0.25, 0.3) is 10.1 Å². The molecule has 0 aliphatic carbocycles. The predicted molar refractivity (Wildman–Crippen MR) is 129 cm³/mol. The molecular weight excluding hydrogens is 488 g/mol. The maximum absolute atomic E-state index is 10.5. The Kier molecular flexibility index (Phi) is 12.1. The molecule has 2 aromatic rings. The van der Waals surface area contributed by atoms with Crippen molar-refractivity contribution in [2.24, 2.45) is 5.10 Å². The summed E-state index contributed by atoms with van der Waals surface area (Å²) in [5, 5.41) is 19.8. The number of rotatable bonds is 9. The Balaban J connectivity index is 0.000000437. The van der Waals surface area contributed by atoms with Crippen LogP contribution < -0.4 is 25.1 Å².